The molecule has 4 rings (SSSR count). The molecule has 0 bridgehead atoms. The minimum absolute atomic E-state index is 0.0306. The van der Waals surface area contributed by atoms with E-state index in [1.807, 2.05) is 0 Å². The number of rotatable bonds is 9. The quantitative estimate of drug-likeness (QED) is 0.385. The summed E-state index contributed by atoms with van der Waals surface area (Å²) in [5, 5.41) is 4.73. The molecule has 2 fully saturated rings. The first-order valence-corrected chi connectivity index (χ1v) is 13.7. The maximum atomic E-state index is 14.0. The number of morpholine rings is 1. The lowest BCUT2D eigenvalue weighted by Gasteiger charge is -2.42. The third kappa shape index (κ3) is 7.90. The first kappa shape index (κ1) is 31.1. The zero-order valence-electron chi connectivity index (χ0n) is 21.3. The molecule has 2 aromatic rings. The van der Waals surface area contributed by atoms with Crippen LogP contribution in [0.3, 0.4) is 0 Å². The number of hydrogen-bond donors (Lipinski definition) is 2. The van der Waals surface area contributed by atoms with Gasteiger partial charge in [-0.05, 0) is 43.2 Å². The van der Waals surface area contributed by atoms with Gasteiger partial charge in [-0.1, -0.05) is 18.0 Å². The normalized spacial score (nSPS) is 17.4. The summed E-state index contributed by atoms with van der Waals surface area (Å²) in [6.07, 6.45) is -8.19. The number of nitrogens with zero attached hydrogens (tertiary/aromatic N) is 2. The monoisotopic (exact) mass is 626 g/mol. The molecule has 2 heterocycles. The SMILES string of the molecule is O=C(NC[C@@H](C(=O)Nc1ccc(N2CCOCC2=O)c(C(F)(F)F)c1)N(CC(F)(F)F)C1CCC1)c1ccc(Cl)s1. The van der Waals surface area contributed by atoms with Crippen molar-refractivity contribution < 1.29 is 45.5 Å². The molecule has 3 amide bonds. The lowest BCUT2D eigenvalue weighted by Crippen LogP contribution is -2.58. The number of carbonyl (C=O) groups is 3. The van der Waals surface area contributed by atoms with E-state index in [-0.39, 0.29) is 23.7 Å². The Morgan fingerprint density at radius 2 is 1.88 bits per heavy atom. The van der Waals surface area contributed by atoms with E-state index in [4.69, 9.17) is 16.3 Å². The van der Waals surface area contributed by atoms with E-state index in [1.54, 1.807) is 0 Å². The zero-order valence-corrected chi connectivity index (χ0v) is 22.9. The van der Waals surface area contributed by atoms with Gasteiger partial charge in [-0.15, -0.1) is 11.3 Å². The van der Waals surface area contributed by atoms with Gasteiger partial charge in [0.2, 0.25) is 5.91 Å². The van der Waals surface area contributed by atoms with Gasteiger partial charge in [0.15, 0.2) is 0 Å². The van der Waals surface area contributed by atoms with Crippen molar-refractivity contribution in [3.05, 3.63) is 45.1 Å². The van der Waals surface area contributed by atoms with Crippen LogP contribution in [0.25, 0.3) is 0 Å². The largest absolute Gasteiger partial charge is 0.418 e. The summed E-state index contributed by atoms with van der Waals surface area (Å²) in [6, 6.07) is 3.47. The number of amides is 3. The van der Waals surface area contributed by atoms with Crippen LogP contribution in [-0.2, 0) is 20.5 Å². The van der Waals surface area contributed by atoms with Crippen LogP contribution in [0.4, 0.5) is 37.7 Å². The molecule has 0 spiro atoms. The first-order valence-electron chi connectivity index (χ1n) is 12.5. The van der Waals surface area contributed by atoms with Crippen LogP contribution in [0, 0.1) is 0 Å². The van der Waals surface area contributed by atoms with E-state index in [1.165, 1.54) is 12.1 Å². The predicted molar refractivity (Wildman–Crippen MR) is 139 cm³/mol. The Balaban J connectivity index is 1.61. The number of benzene rings is 1. The van der Waals surface area contributed by atoms with Gasteiger partial charge in [0.05, 0.1) is 33.6 Å². The van der Waals surface area contributed by atoms with Gasteiger partial charge in [0, 0.05) is 24.8 Å². The highest BCUT2D eigenvalue weighted by atomic mass is 35.5. The molecular weight excluding hydrogens is 602 g/mol. The standard InChI is InChI=1S/C25H25ClF6N4O4S/c26-20-7-6-19(41-20)23(39)33-11-18(36(13-24(27,28)29)15-2-1-3-15)22(38)34-14-4-5-17(16(10-14)25(30,31)32)35-8-9-40-12-21(35)37/h4-7,10,15,18H,1-3,8-9,11-13H2,(H,33,39)(H,34,38)/t18-/m0/s1. The second kappa shape index (κ2) is 12.5. The Hall–Kier alpha value is -2.88. The summed E-state index contributed by atoms with van der Waals surface area (Å²) in [5.41, 5.74) is -1.99. The highest BCUT2D eigenvalue weighted by Gasteiger charge is 2.42. The molecule has 0 radical (unpaired) electrons. The highest BCUT2D eigenvalue weighted by Crippen LogP contribution is 2.39. The number of alkyl halides is 6. The van der Waals surface area contributed by atoms with Gasteiger partial charge in [0.25, 0.3) is 11.8 Å². The Morgan fingerprint density at radius 3 is 2.44 bits per heavy atom. The van der Waals surface area contributed by atoms with E-state index in [2.05, 4.69) is 10.6 Å². The van der Waals surface area contributed by atoms with Crippen molar-refractivity contribution in [1.82, 2.24) is 10.2 Å². The number of hydrogen-bond acceptors (Lipinski definition) is 6. The molecule has 0 unspecified atom stereocenters. The fourth-order valence-electron chi connectivity index (χ4n) is 4.57. The zero-order chi connectivity index (χ0) is 29.9. The minimum atomic E-state index is -4.92. The average Bonchev–Trinajstić information content (AvgIpc) is 3.28. The van der Waals surface area contributed by atoms with Gasteiger partial charge in [-0.3, -0.25) is 19.3 Å². The molecule has 1 atom stereocenters. The topological polar surface area (TPSA) is 91.0 Å². The molecule has 1 saturated carbocycles. The molecule has 224 valence electrons. The van der Waals surface area contributed by atoms with E-state index in [9.17, 15) is 40.7 Å². The Morgan fingerprint density at radius 1 is 1.15 bits per heavy atom. The summed E-state index contributed by atoms with van der Waals surface area (Å²) in [5.74, 6) is -2.38. The summed E-state index contributed by atoms with van der Waals surface area (Å²) in [4.78, 5) is 40.1. The van der Waals surface area contributed by atoms with Crippen LogP contribution in [0.2, 0.25) is 4.34 Å². The summed E-state index contributed by atoms with van der Waals surface area (Å²) in [7, 11) is 0. The van der Waals surface area contributed by atoms with Crippen molar-refractivity contribution in [3.8, 4) is 0 Å². The molecule has 1 aliphatic heterocycles. The maximum Gasteiger partial charge on any atom is 0.418 e. The molecule has 16 heteroatoms. The fourth-order valence-corrected chi connectivity index (χ4v) is 5.53. The van der Waals surface area contributed by atoms with Crippen LogP contribution >= 0.6 is 22.9 Å². The number of thiophene rings is 1. The highest BCUT2D eigenvalue weighted by molar-refractivity contribution is 7.18. The van der Waals surface area contributed by atoms with E-state index in [0.717, 1.165) is 33.3 Å². The minimum Gasteiger partial charge on any atom is -0.370 e. The third-order valence-corrected chi connectivity index (χ3v) is 7.94. The van der Waals surface area contributed by atoms with E-state index < -0.39 is 73.1 Å². The summed E-state index contributed by atoms with van der Waals surface area (Å²) in [6.45, 7) is -2.47. The van der Waals surface area contributed by atoms with Gasteiger partial charge in [-0.25, -0.2) is 0 Å². The molecule has 1 aromatic carbocycles. The second-order valence-electron chi connectivity index (χ2n) is 9.52. The lowest BCUT2D eigenvalue weighted by molar-refractivity contribution is -0.163. The van der Waals surface area contributed by atoms with Crippen LogP contribution < -0.4 is 15.5 Å². The summed E-state index contributed by atoms with van der Waals surface area (Å²) >= 11 is 6.78. The smallest absolute Gasteiger partial charge is 0.370 e. The Kier molecular flexibility index (Phi) is 9.51. The van der Waals surface area contributed by atoms with Crippen LogP contribution in [0.5, 0.6) is 0 Å². The maximum absolute atomic E-state index is 14.0. The van der Waals surface area contributed by atoms with Crippen molar-refractivity contribution in [1.29, 1.82) is 0 Å². The number of nitrogens with one attached hydrogen (secondary N) is 2. The van der Waals surface area contributed by atoms with Crippen molar-refractivity contribution in [3.63, 3.8) is 0 Å². The number of halogens is 7. The molecule has 41 heavy (non-hydrogen) atoms. The number of anilines is 2. The van der Waals surface area contributed by atoms with Crippen LogP contribution in [0.15, 0.2) is 30.3 Å². The molecule has 2 aliphatic rings. The molecule has 2 N–H and O–H groups in total. The molecule has 8 nitrogen and oxygen atoms in total. The van der Waals surface area contributed by atoms with Gasteiger partial charge >= 0.3 is 12.4 Å². The van der Waals surface area contributed by atoms with E-state index >= 15 is 0 Å². The predicted octanol–water partition coefficient (Wildman–Crippen LogP) is 4.94. The molecule has 1 aliphatic carbocycles. The van der Waals surface area contributed by atoms with Crippen molar-refractivity contribution >= 4 is 52.0 Å². The lowest BCUT2D eigenvalue weighted by atomic mass is 9.90. The average molecular weight is 627 g/mol. The molecular formula is C25H25ClF6N4O4S. The number of carbonyl (C=O) groups excluding carboxylic acids is 3. The molecule has 1 aromatic heterocycles. The van der Waals surface area contributed by atoms with Gasteiger partial charge < -0.3 is 20.3 Å². The van der Waals surface area contributed by atoms with Crippen LogP contribution in [0.1, 0.15) is 34.5 Å². The Labute approximate surface area is 239 Å². The van der Waals surface area contributed by atoms with Gasteiger partial charge in [-0.2, -0.15) is 26.3 Å². The molecule has 1 saturated heterocycles. The van der Waals surface area contributed by atoms with Crippen molar-refractivity contribution in [2.45, 2.75) is 43.7 Å². The van der Waals surface area contributed by atoms with Gasteiger partial charge in [0.1, 0.15) is 12.6 Å². The first-order chi connectivity index (χ1) is 19.2. The second-order valence-corrected chi connectivity index (χ2v) is 11.2. The Bertz CT molecular complexity index is 1280. The summed E-state index contributed by atoms with van der Waals surface area (Å²) < 4.78 is 87.8. The van der Waals surface area contributed by atoms with Crippen LogP contribution in [-0.4, -0.2) is 73.7 Å². The number of ether oxygens (including phenoxy) is 1. The van der Waals surface area contributed by atoms with Crippen molar-refractivity contribution in [2.75, 3.05) is 43.1 Å². The third-order valence-electron chi connectivity index (χ3n) is 6.71. The van der Waals surface area contributed by atoms with Crippen molar-refractivity contribution in [2.24, 2.45) is 0 Å². The fraction of sp³-hybridized carbons (Fsp3) is 0.480. The van der Waals surface area contributed by atoms with E-state index in [0.29, 0.717) is 29.7 Å².